The van der Waals surface area contributed by atoms with Gasteiger partial charge in [0.15, 0.2) is 0 Å². The van der Waals surface area contributed by atoms with E-state index in [9.17, 15) is 0 Å². The molecule has 2 aromatic rings. The van der Waals surface area contributed by atoms with Crippen LogP contribution in [-0.2, 0) is 6.42 Å². The maximum Gasteiger partial charge on any atom is 0.0658 e. The molecule has 0 bridgehead atoms. The second kappa shape index (κ2) is 5.50. The van der Waals surface area contributed by atoms with Gasteiger partial charge in [-0.2, -0.15) is 0 Å². The van der Waals surface area contributed by atoms with Crippen LogP contribution in [0.4, 0.5) is 11.4 Å². The van der Waals surface area contributed by atoms with Gasteiger partial charge in [-0.3, -0.25) is 4.99 Å². The Morgan fingerprint density at radius 3 is 2.39 bits per heavy atom. The molecule has 0 unspecified atom stereocenters. The van der Waals surface area contributed by atoms with E-state index in [1.807, 2.05) is 42.5 Å². The van der Waals surface area contributed by atoms with E-state index in [2.05, 4.69) is 24.9 Å². The molecule has 2 aromatic carbocycles. The Kier molecular flexibility index (Phi) is 3.78. The molecule has 0 saturated heterocycles. The van der Waals surface area contributed by atoms with Crippen LogP contribution < -0.4 is 5.73 Å². The minimum absolute atomic E-state index is 0.798. The zero-order valence-corrected chi connectivity index (χ0v) is 10.9. The lowest BCUT2D eigenvalue weighted by Crippen LogP contribution is -1.97. The first-order chi connectivity index (χ1) is 8.65. The first-order valence-corrected chi connectivity index (χ1v) is 6.09. The van der Waals surface area contributed by atoms with E-state index in [0.717, 1.165) is 23.5 Å². The van der Waals surface area contributed by atoms with Crippen LogP contribution in [-0.4, -0.2) is 5.71 Å². The number of nitrogens with zero attached hydrogens (tertiary/aromatic N) is 1. The maximum atomic E-state index is 5.67. The number of aryl methyl sites for hydroxylation is 1. The predicted octanol–water partition coefficient (Wildman–Crippen LogP) is 3.91. The molecule has 2 N–H and O–H groups in total. The second-order valence-corrected chi connectivity index (χ2v) is 4.55. The lowest BCUT2D eigenvalue weighted by atomic mass is 10.1. The summed E-state index contributed by atoms with van der Waals surface area (Å²) in [6.45, 7) is 4.14. The zero-order chi connectivity index (χ0) is 13.0. The van der Waals surface area contributed by atoms with Gasteiger partial charge in [-0.1, -0.05) is 30.3 Å². The minimum Gasteiger partial charge on any atom is -0.399 e. The average Bonchev–Trinajstić information content (AvgIpc) is 2.35. The molecule has 0 aromatic heterocycles. The molecule has 92 valence electrons. The number of anilines is 1. The molecular weight excluding hydrogens is 220 g/mol. The topological polar surface area (TPSA) is 38.4 Å². The fourth-order valence-electron chi connectivity index (χ4n) is 1.86. The van der Waals surface area contributed by atoms with E-state index in [1.165, 1.54) is 11.1 Å². The number of hydrogen-bond donors (Lipinski definition) is 1. The smallest absolute Gasteiger partial charge is 0.0658 e. The van der Waals surface area contributed by atoms with Crippen LogP contribution in [0, 0.1) is 6.92 Å². The molecule has 2 nitrogen and oxygen atoms in total. The fraction of sp³-hybridized carbons (Fsp3) is 0.188. The molecule has 0 aliphatic rings. The molecule has 18 heavy (non-hydrogen) atoms. The first-order valence-electron chi connectivity index (χ1n) is 6.09. The Morgan fingerprint density at radius 2 is 1.72 bits per heavy atom. The summed E-state index contributed by atoms with van der Waals surface area (Å²) >= 11 is 0. The summed E-state index contributed by atoms with van der Waals surface area (Å²) in [6.07, 6.45) is 0.856. The molecular formula is C16H18N2. The Morgan fingerprint density at radius 1 is 1.06 bits per heavy atom. The standard InChI is InChI=1S/C16H18N2/c1-12-5-3-4-6-16(12)18-13(2)11-14-7-9-15(17)10-8-14/h3-10H,11,17H2,1-2H3. The Labute approximate surface area is 108 Å². The Balaban J connectivity index is 2.15. The molecule has 2 heteroatoms. The van der Waals surface area contributed by atoms with Crippen LogP contribution >= 0.6 is 0 Å². The molecule has 0 atom stereocenters. The monoisotopic (exact) mass is 238 g/mol. The molecule has 0 aliphatic heterocycles. The highest BCUT2D eigenvalue weighted by atomic mass is 14.7. The number of nitrogens with two attached hydrogens (primary N) is 1. The van der Waals surface area contributed by atoms with Crippen molar-refractivity contribution in [3.63, 3.8) is 0 Å². The highest BCUT2D eigenvalue weighted by molar-refractivity contribution is 5.87. The van der Waals surface area contributed by atoms with Crippen molar-refractivity contribution in [3.8, 4) is 0 Å². The van der Waals surface area contributed by atoms with Gasteiger partial charge >= 0.3 is 0 Å². The van der Waals surface area contributed by atoms with E-state index in [4.69, 9.17) is 5.73 Å². The predicted molar refractivity (Wildman–Crippen MR) is 78.5 cm³/mol. The SMILES string of the molecule is CC(Cc1ccc(N)cc1)=Nc1ccccc1C. The van der Waals surface area contributed by atoms with Gasteiger partial charge < -0.3 is 5.73 Å². The van der Waals surface area contributed by atoms with Crippen LogP contribution in [0.2, 0.25) is 0 Å². The molecule has 0 radical (unpaired) electrons. The quantitative estimate of drug-likeness (QED) is 0.639. The van der Waals surface area contributed by atoms with Crippen molar-refractivity contribution in [1.82, 2.24) is 0 Å². The van der Waals surface area contributed by atoms with Crippen molar-refractivity contribution in [2.75, 3.05) is 5.73 Å². The molecule has 0 spiro atoms. The van der Waals surface area contributed by atoms with Crippen LogP contribution in [0.25, 0.3) is 0 Å². The summed E-state index contributed by atoms with van der Waals surface area (Å²) in [4.78, 5) is 4.66. The molecule has 0 fully saturated rings. The van der Waals surface area contributed by atoms with E-state index in [0.29, 0.717) is 0 Å². The summed E-state index contributed by atoms with van der Waals surface area (Å²) in [7, 11) is 0. The Hall–Kier alpha value is -2.09. The van der Waals surface area contributed by atoms with Crippen LogP contribution in [0.3, 0.4) is 0 Å². The van der Waals surface area contributed by atoms with Crippen molar-refractivity contribution in [3.05, 3.63) is 59.7 Å². The van der Waals surface area contributed by atoms with Gasteiger partial charge in [-0.15, -0.1) is 0 Å². The number of aliphatic imine (C=N–C) groups is 1. The zero-order valence-electron chi connectivity index (χ0n) is 10.9. The summed E-state index contributed by atoms with van der Waals surface area (Å²) in [5.41, 5.74) is 11.1. The third-order valence-electron chi connectivity index (χ3n) is 2.87. The Bertz CT molecular complexity index is 554. The molecule has 2 rings (SSSR count). The number of hydrogen-bond acceptors (Lipinski definition) is 2. The highest BCUT2D eigenvalue weighted by Crippen LogP contribution is 2.18. The summed E-state index contributed by atoms with van der Waals surface area (Å²) in [6, 6.07) is 16.1. The van der Waals surface area contributed by atoms with Crippen LogP contribution in [0.5, 0.6) is 0 Å². The van der Waals surface area contributed by atoms with Crippen molar-refractivity contribution in [2.45, 2.75) is 20.3 Å². The number of rotatable bonds is 3. The molecule has 0 aliphatic carbocycles. The highest BCUT2D eigenvalue weighted by Gasteiger charge is 1.98. The fourth-order valence-corrected chi connectivity index (χ4v) is 1.86. The molecule has 0 saturated carbocycles. The van der Waals surface area contributed by atoms with Crippen molar-refractivity contribution >= 4 is 17.1 Å². The normalized spacial score (nSPS) is 11.6. The summed E-state index contributed by atoms with van der Waals surface area (Å²) in [5.74, 6) is 0. The van der Waals surface area contributed by atoms with Gasteiger partial charge in [0.1, 0.15) is 0 Å². The maximum absolute atomic E-state index is 5.67. The van der Waals surface area contributed by atoms with Gasteiger partial charge in [-0.05, 0) is 43.2 Å². The van der Waals surface area contributed by atoms with E-state index < -0.39 is 0 Å². The van der Waals surface area contributed by atoms with Crippen molar-refractivity contribution in [2.24, 2.45) is 4.99 Å². The van der Waals surface area contributed by atoms with Crippen molar-refractivity contribution < 1.29 is 0 Å². The summed E-state index contributed by atoms with van der Waals surface area (Å²) in [5, 5.41) is 0. The van der Waals surface area contributed by atoms with Crippen LogP contribution in [0.1, 0.15) is 18.1 Å². The van der Waals surface area contributed by atoms with E-state index in [-0.39, 0.29) is 0 Å². The molecule has 0 amide bonds. The van der Waals surface area contributed by atoms with E-state index >= 15 is 0 Å². The van der Waals surface area contributed by atoms with Gasteiger partial charge in [0.05, 0.1) is 5.69 Å². The molecule has 0 heterocycles. The lowest BCUT2D eigenvalue weighted by Gasteiger charge is -2.04. The van der Waals surface area contributed by atoms with Crippen molar-refractivity contribution in [1.29, 1.82) is 0 Å². The third-order valence-corrected chi connectivity index (χ3v) is 2.87. The number of nitrogen functional groups attached to an aromatic ring is 1. The van der Waals surface area contributed by atoms with Gasteiger partial charge in [0.25, 0.3) is 0 Å². The third kappa shape index (κ3) is 3.20. The second-order valence-electron chi connectivity index (χ2n) is 4.55. The summed E-state index contributed by atoms with van der Waals surface area (Å²) < 4.78 is 0. The lowest BCUT2D eigenvalue weighted by molar-refractivity contribution is 1.28. The van der Waals surface area contributed by atoms with Gasteiger partial charge in [0, 0.05) is 17.8 Å². The minimum atomic E-state index is 0.798. The average molecular weight is 238 g/mol. The number of benzene rings is 2. The largest absolute Gasteiger partial charge is 0.399 e. The first kappa shape index (κ1) is 12.4. The van der Waals surface area contributed by atoms with Crippen LogP contribution in [0.15, 0.2) is 53.5 Å². The van der Waals surface area contributed by atoms with Gasteiger partial charge in [-0.25, -0.2) is 0 Å². The van der Waals surface area contributed by atoms with E-state index in [1.54, 1.807) is 0 Å². The number of para-hydroxylation sites is 1. The van der Waals surface area contributed by atoms with Gasteiger partial charge in [0.2, 0.25) is 0 Å².